The van der Waals surface area contributed by atoms with Crippen LogP contribution in [0.3, 0.4) is 0 Å². The predicted molar refractivity (Wildman–Crippen MR) is 52.7 cm³/mol. The summed E-state index contributed by atoms with van der Waals surface area (Å²) in [5.41, 5.74) is 8.08. The summed E-state index contributed by atoms with van der Waals surface area (Å²) in [6.07, 6.45) is 0.807. The number of hydrogen-bond acceptors (Lipinski definition) is 3. The van der Waals surface area contributed by atoms with Crippen LogP contribution in [0.15, 0.2) is 5.11 Å². The molecule has 1 atom stereocenters. The lowest BCUT2D eigenvalue weighted by atomic mass is 10.2. The number of nitrogens with zero attached hydrogens (tertiary/aromatic N) is 4. The molecule has 0 aliphatic carbocycles. The predicted octanol–water partition coefficient (Wildman–Crippen LogP) is 0.507. The Kier molecular flexibility index (Phi) is 4.22. The zero-order valence-corrected chi connectivity index (χ0v) is 8.31. The van der Waals surface area contributed by atoms with E-state index < -0.39 is 0 Å². The molecule has 1 heterocycles. The average Bonchev–Trinajstić information content (AvgIpc) is 2.19. The largest absolute Gasteiger partial charge is 0.353 e. The molecule has 1 fully saturated rings. The van der Waals surface area contributed by atoms with Gasteiger partial charge in [-0.2, -0.15) is 0 Å². The Balaban J connectivity index is 2.28. The maximum atomic E-state index is 11.3. The first-order valence-corrected chi connectivity index (χ1v) is 4.78. The minimum Gasteiger partial charge on any atom is -0.353 e. The van der Waals surface area contributed by atoms with E-state index in [2.05, 4.69) is 20.2 Å². The van der Waals surface area contributed by atoms with Crippen molar-refractivity contribution in [2.75, 3.05) is 26.2 Å². The summed E-state index contributed by atoms with van der Waals surface area (Å²) in [5.74, 6) is 0.0834. The van der Waals surface area contributed by atoms with Crippen LogP contribution in [0.1, 0.15) is 13.3 Å². The molecule has 0 saturated carbocycles. The maximum Gasteiger partial charge on any atom is 0.237 e. The van der Waals surface area contributed by atoms with Crippen molar-refractivity contribution in [3.05, 3.63) is 10.4 Å². The van der Waals surface area contributed by atoms with Crippen molar-refractivity contribution in [1.29, 1.82) is 0 Å². The molecule has 1 amide bonds. The van der Waals surface area contributed by atoms with Crippen LogP contribution in [0.4, 0.5) is 0 Å². The highest BCUT2D eigenvalue weighted by Gasteiger charge is 2.24. The second-order valence-electron chi connectivity index (χ2n) is 3.31. The molecule has 1 saturated heterocycles. The molecule has 78 valence electrons. The van der Waals surface area contributed by atoms with Gasteiger partial charge in [0, 0.05) is 24.5 Å². The Morgan fingerprint density at radius 1 is 1.79 bits per heavy atom. The number of piperazine rings is 1. The average molecular weight is 197 g/mol. The second-order valence-corrected chi connectivity index (χ2v) is 3.31. The van der Waals surface area contributed by atoms with Crippen molar-refractivity contribution < 1.29 is 4.79 Å². The minimum atomic E-state index is -0.0604. The Hall–Kier alpha value is -1.26. The quantitative estimate of drug-likeness (QED) is 0.308. The van der Waals surface area contributed by atoms with Crippen LogP contribution in [0.25, 0.3) is 10.4 Å². The SMILES string of the molecule is CC1C(=O)NCCN1CCCN=[N+]=[N-]. The van der Waals surface area contributed by atoms with E-state index in [0.717, 1.165) is 19.5 Å². The van der Waals surface area contributed by atoms with Crippen LogP contribution < -0.4 is 5.32 Å². The number of carbonyl (C=O) groups is 1. The van der Waals surface area contributed by atoms with E-state index in [0.29, 0.717) is 13.1 Å². The molecule has 1 N–H and O–H groups in total. The third kappa shape index (κ3) is 2.90. The maximum absolute atomic E-state index is 11.3. The van der Waals surface area contributed by atoms with Crippen molar-refractivity contribution in [1.82, 2.24) is 10.2 Å². The molecular weight excluding hydrogens is 182 g/mol. The normalized spacial score (nSPS) is 22.6. The Labute approximate surface area is 82.9 Å². The summed E-state index contributed by atoms with van der Waals surface area (Å²) in [6.45, 7) is 4.80. The molecular formula is C8H15N5O. The first-order chi connectivity index (χ1) is 6.75. The molecule has 1 aliphatic heterocycles. The molecule has 6 nitrogen and oxygen atoms in total. The molecule has 0 aromatic rings. The van der Waals surface area contributed by atoms with Crippen LogP contribution in [0.5, 0.6) is 0 Å². The van der Waals surface area contributed by atoms with E-state index in [1.165, 1.54) is 0 Å². The van der Waals surface area contributed by atoms with Crippen molar-refractivity contribution in [3.8, 4) is 0 Å². The standard InChI is InChI=1S/C8H15N5O/c1-7-8(14)10-4-6-13(7)5-2-3-11-12-9/h7H,2-6H2,1H3,(H,10,14). The second kappa shape index (κ2) is 5.47. The van der Waals surface area contributed by atoms with E-state index in [1.807, 2.05) is 6.92 Å². The molecule has 14 heavy (non-hydrogen) atoms. The Morgan fingerprint density at radius 2 is 2.57 bits per heavy atom. The van der Waals surface area contributed by atoms with Crippen molar-refractivity contribution in [2.24, 2.45) is 5.11 Å². The summed E-state index contributed by atoms with van der Waals surface area (Å²) in [6, 6.07) is -0.0604. The minimum absolute atomic E-state index is 0.0604. The zero-order valence-electron chi connectivity index (χ0n) is 8.31. The van der Waals surface area contributed by atoms with Gasteiger partial charge < -0.3 is 5.32 Å². The fourth-order valence-electron chi connectivity index (χ4n) is 1.52. The van der Waals surface area contributed by atoms with E-state index in [1.54, 1.807) is 0 Å². The number of rotatable bonds is 4. The fraction of sp³-hybridized carbons (Fsp3) is 0.875. The third-order valence-corrected chi connectivity index (χ3v) is 2.39. The van der Waals surface area contributed by atoms with Crippen molar-refractivity contribution in [2.45, 2.75) is 19.4 Å². The lowest BCUT2D eigenvalue weighted by Gasteiger charge is -2.32. The molecule has 1 rings (SSSR count). The van der Waals surface area contributed by atoms with Gasteiger partial charge >= 0.3 is 0 Å². The fourth-order valence-corrected chi connectivity index (χ4v) is 1.52. The van der Waals surface area contributed by atoms with Gasteiger partial charge in [0.2, 0.25) is 5.91 Å². The lowest BCUT2D eigenvalue weighted by molar-refractivity contribution is -0.128. The van der Waals surface area contributed by atoms with Crippen molar-refractivity contribution >= 4 is 5.91 Å². The van der Waals surface area contributed by atoms with Gasteiger partial charge in [0.25, 0.3) is 0 Å². The van der Waals surface area contributed by atoms with Crippen LogP contribution in [-0.4, -0.2) is 43.0 Å². The highest BCUT2D eigenvalue weighted by atomic mass is 16.2. The number of azide groups is 1. The molecule has 0 radical (unpaired) electrons. The van der Waals surface area contributed by atoms with Gasteiger partial charge in [-0.3, -0.25) is 9.69 Å². The molecule has 0 aromatic carbocycles. The smallest absolute Gasteiger partial charge is 0.237 e. The third-order valence-electron chi connectivity index (χ3n) is 2.39. The van der Waals surface area contributed by atoms with E-state index in [-0.39, 0.29) is 11.9 Å². The molecule has 1 unspecified atom stereocenters. The summed E-state index contributed by atoms with van der Waals surface area (Å²) >= 11 is 0. The van der Waals surface area contributed by atoms with Gasteiger partial charge in [-0.05, 0) is 25.4 Å². The highest BCUT2D eigenvalue weighted by Crippen LogP contribution is 2.04. The number of carbonyl (C=O) groups excluding carboxylic acids is 1. The summed E-state index contributed by atoms with van der Waals surface area (Å²) < 4.78 is 0. The monoisotopic (exact) mass is 197 g/mol. The van der Waals surface area contributed by atoms with Gasteiger partial charge in [-0.15, -0.1) is 0 Å². The first-order valence-electron chi connectivity index (χ1n) is 4.78. The van der Waals surface area contributed by atoms with Crippen LogP contribution >= 0.6 is 0 Å². The number of hydrogen-bond donors (Lipinski definition) is 1. The Morgan fingerprint density at radius 3 is 3.29 bits per heavy atom. The van der Waals surface area contributed by atoms with Gasteiger partial charge in [0.1, 0.15) is 0 Å². The van der Waals surface area contributed by atoms with Crippen LogP contribution in [-0.2, 0) is 4.79 Å². The molecule has 6 heteroatoms. The molecule has 0 spiro atoms. The Bertz CT molecular complexity index is 248. The number of nitrogens with one attached hydrogen (secondary N) is 1. The van der Waals surface area contributed by atoms with E-state index in [9.17, 15) is 4.79 Å². The van der Waals surface area contributed by atoms with E-state index in [4.69, 9.17) is 5.53 Å². The summed E-state index contributed by atoms with van der Waals surface area (Å²) in [4.78, 5) is 16.0. The lowest BCUT2D eigenvalue weighted by Crippen LogP contribution is -2.53. The van der Waals surface area contributed by atoms with Crippen molar-refractivity contribution in [3.63, 3.8) is 0 Å². The first kappa shape index (κ1) is 10.8. The van der Waals surface area contributed by atoms with E-state index >= 15 is 0 Å². The van der Waals surface area contributed by atoms with Gasteiger partial charge in [0.15, 0.2) is 0 Å². The summed E-state index contributed by atoms with van der Waals surface area (Å²) in [7, 11) is 0. The highest BCUT2D eigenvalue weighted by molar-refractivity contribution is 5.81. The molecule has 1 aliphatic rings. The molecule has 0 aromatic heterocycles. The van der Waals surface area contributed by atoms with Gasteiger partial charge in [0.05, 0.1) is 6.04 Å². The molecule has 0 bridgehead atoms. The van der Waals surface area contributed by atoms with Crippen LogP contribution in [0.2, 0.25) is 0 Å². The number of amides is 1. The van der Waals surface area contributed by atoms with Gasteiger partial charge in [-0.25, -0.2) is 0 Å². The van der Waals surface area contributed by atoms with Gasteiger partial charge in [-0.1, -0.05) is 5.11 Å². The summed E-state index contributed by atoms with van der Waals surface area (Å²) in [5, 5.41) is 6.25. The topological polar surface area (TPSA) is 81.1 Å². The van der Waals surface area contributed by atoms with Crippen LogP contribution in [0, 0.1) is 0 Å². The zero-order chi connectivity index (χ0) is 10.4.